The zero-order valence-electron chi connectivity index (χ0n) is 24.4. The van der Waals surface area contributed by atoms with Gasteiger partial charge in [-0.15, -0.1) is 0 Å². The molecule has 1 saturated heterocycles. The Kier molecular flexibility index (Phi) is 8.82. The van der Waals surface area contributed by atoms with Crippen molar-refractivity contribution in [2.45, 2.75) is 26.3 Å². The van der Waals surface area contributed by atoms with Crippen molar-refractivity contribution >= 4 is 23.1 Å². The fourth-order valence-corrected chi connectivity index (χ4v) is 5.54. The average Bonchev–Trinajstić information content (AvgIpc) is 3.52. The summed E-state index contributed by atoms with van der Waals surface area (Å²) in [6.07, 6.45) is 5.95. The highest BCUT2D eigenvalue weighted by molar-refractivity contribution is 6.04. The standard InChI is InChI=1S/C32H36FN3O6/c1-20-25(14-21-15-28(39-3)31(29(16-21)40-4)42-32(38)36-10-12-41-13-11-36)24-8-7-22(33)17-27(24)26(20)18-30(37)34-19-23-6-5-9-35(23)2/h5-9,14-15,17,21H,10-13,16,18-19H2,1-4H3,(H,34,37)/b25-14-. The summed E-state index contributed by atoms with van der Waals surface area (Å²) in [6, 6.07) is 8.55. The van der Waals surface area contributed by atoms with E-state index in [0.717, 1.165) is 28.0 Å². The van der Waals surface area contributed by atoms with Crippen LogP contribution in [0, 0.1) is 11.7 Å². The van der Waals surface area contributed by atoms with E-state index in [2.05, 4.69) is 11.4 Å². The smallest absolute Gasteiger partial charge is 0.415 e. The van der Waals surface area contributed by atoms with E-state index in [9.17, 15) is 14.0 Å². The number of benzene rings is 1. The van der Waals surface area contributed by atoms with Crippen LogP contribution in [0.2, 0.25) is 0 Å². The maximum absolute atomic E-state index is 14.4. The second-order valence-corrected chi connectivity index (χ2v) is 10.5. The molecular formula is C32H36FN3O6. The molecule has 1 unspecified atom stereocenters. The molecule has 2 heterocycles. The van der Waals surface area contributed by atoms with Gasteiger partial charge in [0.15, 0.2) is 5.76 Å². The van der Waals surface area contributed by atoms with Crippen LogP contribution in [0.15, 0.2) is 71.5 Å². The van der Waals surface area contributed by atoms with Crippen molar-refractivity contribution in [3.63, 3.8) is 0 Å². The second-order valence-electron chi connectivity index (χ2n) is 10.5. The Bertz CT molecular complexity index is 1500. The Hall–Kier alpha value is -4.31. The molecule has 9 nitrogen and oxygen atoms in total. The predicted molar refractivity (Wildman–Crippen MR) is 155 cm³/mol. The van der Waals surface area contributed by atoms with Gasteiger partial charge in [-0.05, 0) is 65.1 Å². The first-order chi connectivity index (χ1) is 20.3. The molecule has 5 rings (SSSR count). The van der Waals surface area contributed by atoms with Gasteiger partial charge >= 0.3 is 6.09 Å². The van der Waals surface area contributed by atoms with Gasteiger partial charge in [0.1, 0.15) is 11.6 Å². The minimum Gasteiger partial charge on any atom is -0.497 e. The highest BCUT2D eigenvalue weighted by atomic mass is 19.1. The molecule has 1 aliphatic heterocycles. The molecule has 10 heteroatoms. The van der Waals surface area contributed by atoms with E-state index in [4.69, 9.17) is 18.9 Å². The van der Waals surface area contributed by atoms with Gasteiger partial charge in [0, 0.05) is 44.4 Å². The summed E-state index contributed by atoms with van der Waals surface area (Å²) in [5.41, 5.74) is 5.17. The quantitative estimate of drug-likeness (QED) is 0.479. The third-order valence-electron chi connectivity index (χ3n) is 7.88. The summed E-state index contributed by atoms with van der Waals surface area (Å²) >= 11 is 0. The monoisotopic (exact) mass is 577 g/mol. The zero-order chi connectivity index (χ0) is 29.8. The molecule has 0 bridgehead atoms. The van der Waals surface area contributed by atoms with Crippen molar-refractivity contribution in [1.82, 2.24) is 14.8 Å². The topological polar surface area (TPSA) is 91.3 Å². The summed E-state index contributed by atoms with van der Waals surface area (Å²) < 4.78 is 38.7. The molecule has 42 heavy (non-hydrogen) atoms. The number of morpholine rings is 1. The molecule has 1 atom stereocenters. The first kappa shape index (κ1) is 29.2. The van der Waals surface area contributed by atoms with E-state index >= 15 is 0 Å². The number of carbonyl (C=O) groups is 2. The van der Waals surface area contributed by atoms with Crippen LogP contribution in [0.1, 0.15) is 36.6 Å². The maximum Gasteiger partial charge on any atom is 0.415 e. The lowest BCUT2D eigenvalue weighted by molar-refractivity contribution is -0.120. The van der Waals surface area contributed by atoms with E-state index in [-0.39, 0.29) is 29.8 Å². The van der Waals surface area contributed by atoms with Crippen molar-refractivity contribution in [1.29, 1.82) is 0 Å². The number of nitrogens with zero attached hydrogens (tertiary/aromatic N) is 2. The third-order valence-corrected chi connectivity index (χ3v) is 7.88. The van der Waals surface area contributed by atoms with Gasteiger partial charge in [0.25, 0.3) is 0 Å². The van der Waals surface area contributed by atoms with Crippen LogP contribution in [0.4, 0.5) is 9.18 Å². The zero-order valence-corrected chi connectivity index (χ0v) is 24.4. The number of nitrogens with one attached hydrogen (secondary N) is 1. The Morgan fingerprint density at radius 1 is 1.14 bits per heavy atom. The average molecular weight is 578 g/mol. The molecule has 2 aliphatic carbocycles. The first-order valence-electron chi connectivity index (χ1n) is 14.0. The van der Waals surface area contributed by atoms with Crippen LogP contribution in [0.5, 0.6) is 0 Å². The largest absolute Gasteiger partial charge is 0.497 e. The number of rotatable bonds is 8. The van der Waals surface area contributed by atoms with Crippen molar-refractivity contribution in [3.05, 3.63) is 94.2 Å². The molecule has 2 aromatic rings. The SMILES string of the molecule is COC1=CC(/C=C2/C(C)=C(CC(=O)NCc3cccn3C)c3cc(F)ccc32)CC(OC)=C1OC(=O)N1CCOCC1. The molecule has 1 aromatic heterocycles. The number of hydrogen-bond acceptors (Lipinski definition) is 6. The highest BCUT2D eigenvalue weighted by Gasteiger charge is 2.31. The number of allylic oxidation sites excluding steroid dienone is 5. The third kappa shape index (κ3) is 6.13. The summed E-state index contributed by atoms with van der Waals surface area (Å²) in [7, 11) is 4.98. The predicted octanol–water partition coefficient (Wildman–Crippen LogP) is 4.92. The molecule has 0 spiro atoms. The van der Waals surface area contributed by atoms with E-state index in [1.165, 1.54) is 26.4 Å². The minimum absolute atomic E-state index is 0.124. The molecule has 1 aromatic carbocycles. The van der Waals surface area contributed by atoms with Crippen molar-refractivity contribution in [2.75, 3.05) is 40.5 Å². The van der Waals surface area contributed by atoms with Crippen LogP contribution >= 0.6 is 0 Å². The van der Waals surface area contributed by atoms with Gasteiger partial charge in [0.05, 0.1) is 40.4 Å². The molecule has 3 aliphatic rings. The summed E-state index contributed by atoms with van der Waals surface area (Å²) in [5, 5.41) is 2.98. The molecule has 222 valence electrons. The van der Waals surface area contributed by atoms with Gasteiger partial charge in [-0.25, -0.2) is 9.18 Å². The summed E-state index contributed by atoms with van der Waals surface area (Å²) in [5.74, 6) is 0.451. The molecular weight excluding hydrogens is 541 g/mol. The van der Waals surface area contributed by atoms with Gasteiger partial charge in [-0.2, -0.15) is 0 Å². The van der Waals surface area contributed by atoms with Crippen molar-refractivity contribution in [2.24, 2.45) is 13.0 Å². The summed E-state index contributed by atoms with van der Waals surface area (Å²) in [4.78, 5) is 27.4. The van der Waals surface area contributed by atoms with E-state index in [1.807, 2.05) is 42.9 Å². The minimum atomic E-state index is -0.483. The Morgan fingerprint density at radius 2 is 1.93 bits per heavy atom. The van der Waals surface area contributed by atoms with Crippen LogP contribution in [-0.2, 0) is 37.3 Å². The normalized spacial score (nSPS) is 19.5. The summed E-state index contributed by atoms with van der Waals surface area (Å²) in [6.45, 7) is 4.19. The van der Waals surface area contributed by atoms with Crippen molar-refractivity contribution in [3.8, 4) is 0 Å². The second kappa shape index (κ2) is 12.7. The molecule has 1 N–H and O–H groups in total. The highest BCUT2D eigenvalue weighted by Crippen LogP contribution is 2.44. The molecule has 1 fully saturated rings. The number of methoxy groups -OCH3 is 2. The number of hydrogen-bond donors (Lipinski definition) is 1. The maximum atomic E-state index is 14.4. The van der Waals surface area contributed by atoms with Crippen LogP contribution in [-0.4, -0.2) is 62.0 Å². The first-order valence-corrected chi connectivity index (χ1v) is 14.0. The number of ether oxygens (including phenoxy) is 4. The van der Waals surface area contributed by atoms with Gasteiger partial charge in [-0.1, -0.05) is 12.1 Å². The van der Waals surface area contributed by atoms with Crippen LogP contribution in [0.3, 0.4) is 0 Å². The number of carbonyl (C=O) groups excluding carboxylic acids is 2. The lowest BCUT2D eigenvalue weighted by atomic mass is 9.91. The van der Waals surface area contributed by atoms with E-state index in [1.54, 1.807) is 11.0 Å². The van der Waals surface area contributed by atoms with Crippen LogP contribution < -0.4 is 5.32 Å². The van der Waals surface area contributed by atoms with E-state index in [0.29, 0.717) is 56.4 Å². The van der Waals surface area contributed by atoms with Gasteiger partial charge < -0.3 is 33.7 Å². The molecule has 0 saturated carbocycles. The van der Waals surface area contributed by atoms with Gasteiger partial charge in [-0.3, -0.25) is 4.79 Å². The van der Waals surface area contributed by atoms with Crippen LogP contribution in [0.25, 0.3) is 11.1 Å². The number of amides is 2. The van der Waals surface area contributed by atoms with E-state index < -0.39 is 6.09 Å². The van der Waals surface area contributed by atoms with Crippen molar-refractivity contribution < 1.29 is 32.9 Å². The lowest BCUT2D eigenvalue weighted by Gasteiger charge is -2.28. The number of fused-ring (bicyclic) bond motifs is 1. The molecule has 2 amide bonds. The Morgan fingerprint density at radius 3 is 2.62 bits per heavy atom. The molecule has 0 radical (unpaired) electrons. The Labute approximate surface area is 244 Å². The number of aromatic nitrogens is 1. The number of aryl methyl sites for hydroxylation is 1. The lowest BCUT2D eigenvalue weighted by Crippen LogP contribution is -2.41. The fourth-order valence-electron chi connectivity index (χ4n) is 5.54. The van der Waals surface area contributed by atoms with Gasteiger partial charge in [0.2, 0.25) is 11.7 Å². The fraction of sp³-hybridized carbons (Fsp3) is 0.375. The number of halogens is 1. The Balaban J connectivity index is 1.39.